The number of likely N-dealkylation sites (tertiary alicyclic amines) is 1. The summed E-state index contributed by atoms with van der Waals surface area (Å²) >= 11 is 1.53. The molecule has 0 radical (unpaired) electrons. The van der Waals surface area contributed by atoms with Gasteiger partial charge in [-0.25, -0.2) is 0 Å². The molecule has 5 nitrogen and oxygen atoms in total. The number of hydrogen-bond acceptors (Lipinski definition) is 4. The molecule has 2 rings (SSSR count). The van der Waals surface area contributed by atoms with E-state index in [0.29, 0.717) is 18.2 Å². The number of hydrogen-bond donors (Lipinski definition) is 2. The molecule has 1 saturated heterocycles. The Hall–Kier alpha value is -1.53. The van der Waals surface area contributed by atoms with E-state index in [1.165, 1.54) is 11.8 Å². The Bertz CT molecular complexity index is 528. The van der Waals surface area contributed by atoms with Crippen molar-refractivity contribution in [2.75, 3.05) is 38.3 Å². The summed E-state index contributed by atoms with van der Waals surface area (Å²) in [7, 11) is 2.10. The minimum Gasteiger partial charge on any atom is -0.348 e. The van der Waals surface area contributed by atoms with Crippen molar-refractivity contribution in [2.45, 2.75) is 17.7 Å². The van der Waals surface area contributed by atoms with E-state index >= 15 is 0 Å². The maximum Gasteiger partial charge on any atom is 0.313 e. The van der Waals surface area contributed by atoms with Gasteiger partial charge in [0.1, 0.15) is 0 Å². The SMILES string of the molecule is CSc1ccccc1NC(=O)C(=O)NCC1CCN(C)CC1. The lowest BCUT2D eigenvalue weighted by atomic mass is 9.97. The fraction of sp³-hybridized carbons (Fsp3) is 0.500. The second kappa shape index (κ2) is 8.19. The van der Waals surface area contributed by atoms with Crippen LogP contribution >= 0.6 is 11.8 Å². The zero-order valence-corrected chi connectivity index (χ0v) is 13.9. The summed E-state index contributed by atoms with van der Waals surface area (Å²) in [5.41, 5.74) is 0.675. The van der Waals surface area contributed by atoms with Crippen molar-refractivity contribution in [1.82, 2.24) is 10.2 Å². The molecule has 0 saturated carbocycles. The van der Waals surface area contributed by atoms with Gasteiger partial charge < -0.3 is 15.5 Å². The number of benzene rings is 1. The van der Waals surface area contributed by atoms with E-state index in [1.54, 1.807) is 6.07 Å². The van der Waals surface area contributed by atoms with Crippen LogP contribution in [0, 0.1) is 5.92 Å². The summed E-state index contributed by atoms with van der Waals surface area (Å²) in [4.78, 5) is 27.1. The van der Waals surface area contributed by atoms with Crippen molar-refractivity contribution in [2.24, 2.45) is 5.92 Å². The van der Waals surface area contributed by atoms with Crippen LogP contribution in [0.25, 0.3) is 0 Å². The zero-order valence-electron chi connectivity index (χ0n) is 13.1. The predicted molar refractivity (Wildman–Crippen MR) is 90.1 cm³/mol. The fourth-order valence-corrected chi connectivity index (χ4v) is 3.06. The minimum atomic E-state index is -0.602. The highest BCUT2D eigenvalue weighted by Gasteiger charge is 2.20. The molecule has 1 aliphatic rings. The van der Waals surface area contributed by atoms with Crippen LogP contribution in [0.15, 0.2) is 29.2 Å². The quantitative estimate of drug-likeness (QED) is 0.656. The van der Waals surface area contributed by atoms with Crippen molar-refractivity contribution in [3.63, 3.8) is 0 Å². The summed E-state index contributed by atoms with van der Waals surface area (Å²) in [6, 6.07) is 7.46. The van der Waals surface area contributed by atoms with Crippen molar-refractivity contribution >= 4 is 29.3 Å². The topological polar surface area (TPSA) is 61.4 Å². The first-order chi connectivity index (χ1) is 10.6. The third kappa shape index (κ3) is 4.74. The molecule has 0 unspecified atom stereocenters. The third-order valence-corrected chi connectivity index (χ3v) is 4.75. The lowest BCUT2D eigenvalue weighted by Gasteiger charge is -2.28. The van der Waals surface area contributed by atoms with Crippen molar-refractivity contribution in [1.29, 1.82) is 0 Å². The van der Waals surface area contributed by atoms with Crippen molar-refractivity contribution < 1.29 is 9.59 Å². The number of nitrogens with one attached hydrogen (secondary N) is 2. The standard InChI is InChI=1S/C16H23N3O2S/c1-19-9-7-12(8-10-19)11-17-15(20)16(21)18-13-5-3-4-6-14(13)22-2/h3-6,12H,7-11H2,1-2H3,(H,17,20)(H,18,21). The number of anilines is 1. The third-order valence-electron chi connectivity index (χ3n) is 3.95. The van der Waals surface area contributed by atoms with Crippen LogP contribution in [0.2, 0.25) is 0 Å². The Labute approximate surface area is 135 Å². The van der Waals surface area contributed by atoms with Crippen LogP contribution in [0.1, 0.15) is 12.8 Å². The van der Waals surface area contributed by atoms with E-state index in [1.807, 2.05) is 24.5 Å². The number of para-hydroxylation sites is 1. The molecule has 2 amide bonds. The number of rotatable bonds is 4. The second-order valence-corrected chi connectivity index (χ2v) is 6.46. The van der Waals surface area contributed by atoms with E-state index < -0.39 is 11.8 Å². The molecule has 0 atom stereocenters. The minimum absolute atomic E-state index is 0.464. The van der Waals surface area contributed by atoms with Gasteiger partial charge in [0, 0.05) is 11.4 Å². The molecule has 120 valence electrons. The Morgan fingerprint density at radius 2 is 1.91 bits per heavy atom. The maximum atomic E-state index is 12.0. The molecule has 1 heterocycles. The summed E-state index contributed by atoms with van der Waals surface area (Å²) in [6.07, 6.45) is 4.06. The van der Waals surface area contributed by atoms with Gasteiger partial charge in [-0.15, -0.1) is 11.8 Å². The molecule has 0 aliphatic carbocycles. The highest BCUT2D eigenvalue weighted by atomic mass is 32.2. The highest BCUT2D eigenvalue weighted by Crippen LogP contribution is 2.24. The molecule has 6 heteroatoms. The predicted octanol–water partition coefficient (Wildman–Crippen LogP) is 1.80. The normalized spacial score (nSPS) is 16.3. The van der Waals surface area contributed by atoms with Gasteiger partial charge in [0.2, 0.25) is 0 Å². The monoisotopic (exact) mass is 321 g/mol. The van der Waals surface area contributed by atoms with Gasteiger partial charge in [0.25, 0.3) is 0 Å². The molecular weight excluding hydrogens is 298 g/mol. The van der Waals surface area contributed by atoms with Crippen LogP contribution in [-0.4, -0.2) is 49.7 Å². The Morgan fingerprint density at radius 1 is 1.23 bits per heavy atom. The van der Waals surface area contributed by atoms with Gasteiger partial charge in [0.15, 0.2) is 0 Å². The Morgan fingerprint density at radius 3 is 2.59 bits per heavy atom. The first kappa shape index (κ1) is 16.8. The number of nitrogens with zero attached hydrogens (tertiary/aromatic N) is 1. The van der Waals surface area contributed by atoms with Crippen LogP contribution in [0.4, 0.5) is 5.69 Å². The van der Waals surface area contributed by atoms with Crippen molar-refractivity contribution in [3.05, 3.63) is 24.3 Å². The molecule has 1 aromatic carbocycles. The number of amides is 2. The lowest BCUT2D eigenvalue weighted by Crippen LogP contribution is -2.41. The summed E-state index contributed by atoms with van der Waals surface area (Å²) in [5.74, 6) is -0.698. The lowest BCUT2D eigenvalue weighted by molar-refractivity contribution is -0.136. The van der Waals surface area contributed by atoms with Crippen LogP contribution in [-0.2, 0) is 9.59 Å². The smallest absolute Gasteiger partial charge is 0.313 e. The summed E-state index contributed by atoms with van der Waals surface area (Å²) < 4.78 is 0. The highest BCUT2D eigenvalue weighted by molar-refractivity contribution is 7.98. The van der Waals surface area contributed by atoms with E-state index in [9.17, 15) is 9.59 Å². The van der Waals surface area contributed by atoms with Crippen LogP contribution in [0.5, 0.6) is 0 Å². The van der Waals surface area contributed by atoms with Gasteiger partial charge in [-0.05, 0) is 57.3 Å². The van der Waals surface area contributed by atoms with Gasteiger partial charge in [-0.2, -0.15) is 0 Å². The molecule has 0 spiro atoms. The van der Waals surface area contributed by atoms with E-state index in [0.717, 1.165) is 30.8 Å². The molecule has 1 aromatic rings. The first-order valence-corrected chi connectivity index (χ1v) is 8.73. The average Bonchev–Trinajstić information content (AvgIpc) is 2.54. The molecule has 1 fully saturated rings. The van der Waals surface area contributed by atoms with Crippen LogP contribution < -0.4 is 10.6 Å². The van der Waals surface area contributed by atoms with Crippen LogP contribution in [0.3, 0.4) is 0 Å². The number of piperidine rings is 1. The second-order valence-electron chi connectivity index (χ2n) is 5.61. The van der Waals surface area contributed by atoms with E-state index in [2.05, 4.69) is 22.6 Å². The van der Waals surface area contributed by atoms with E-state index in [-0.39, 0.29) is 0 Å². The number of thioether (sulfide) groups is 1. The van der Waals surface area contributed by atoms with Crippen molar-refractivity contribution in [3.8, 4) is 0 Å². The fourth-order valence-electron chi connectivity index (χ4n) is 2.51. The molecule has 0 aromatic heterocycles. The Kier molecular flexibility index (Phi) is 6.27. The maximum absolute atomic E-state index is 12.0. The van der Waals surface area contributed by atoms with E-state index in [4.69, 9.17) is 0 Å². The molecule has 0 bridgehead atoms. The summed E-state index contributed by atoms with van der Waals surface area (Å²) in [6.45, 7) is 2.67. The average molecular weight is 321 g/mol. The Balaban J connectivity index is 1.81. The molecule has 22 heavy (non-hydrogen) atoms. The van der Waals surface area contributed by atoms with Gasteiger partial charge in [-0.1, -0.05) is 12.1 Å². The molecule has 2 N–H and O–H groups in total. The summed E-state index contributed by atoms with van der Waals surface area (Å²) in [5, 5.41) is 5.42. The largest absolute Gasteiger partial charge is 0.348 e. The molecular formula is C16H23N3O2S. The molecule has 1 aliphatic heterocycles. The van der Waals surface area contributed by atoms with Gasteiger partial charge >= 0.3 is 11.8 Å². The number of carbonyl (C=O) groups is 2. The zero-order chi connectivity index (χ0) is 15.9. The van der Waals surface area contributed by atoms with Gasteiger partial charge in [-0.3, -0.25) is 9.59 Å². The number of carbonyl (C=O) groups excluding carboxylic acids is 2. The first-order valence-electron chi connectivity index (χ1n) is 7.51. The van der Waals surface area contributed by atoms with Gasteiger partial charge in [0.05, 0.1) is 5.69 Å².